The predicted molar refractivity (Wildman–Crippen MR) is 105 cm³/mol. The lowest BCUT2D eigenvalue weighted by molar-refractivity contribution is -0.384. The number of piperazine rings is 1. The average Bonchev–Trinajstić information content (AvgIpc) is 3.46. The molecule has 0 radical (unpaired) electrons. The van der Waals surface area contributed by atoms with Gasteiger partial charge in [-0.15, -0.1) is 0 Å². The normalized spacial score (nSPS) is 16.9. The lowest BCUT2D eigenvalue weighted by Gasteiger charge is -2.34. The molecule has 0 spiro atoms. The largest absolute Gasteiger partial charge is 0.459 e. The van der Waals surface area contributed by atoms with Gasteiger partial charge in [0.15, 0.2) is 5.76 Å². The highest BCUT2D eigenvalue weighted by Gasteiger charge is 2.29. The topological polar surface area (TPSA) is 100 Å². The maximum atomic E-state index is 12.9. The number of hydrogen-bond donors (Lipinski definition) is 0. The second kappa shape index (κ2) is 7.94. The molecule has 1 aromatic carbocycles. The Balaban J connectivity index is 1.45. The van der Waals surface area contributed by atoms with E-state index in [9.17, 15) is 19.7 Å². The molecule has 9 heteroatoms. The summed E-state index contributed by atoms with van der Waals surface area (Å²) < 4.78 is 5.14. The van der Waals surface area contributed by atoms with Crippen LogP contribution in [0.15, 0.2) is 41.0 Å². The van der Waals surface area contributed by atoms with E-state index >= 15 is 0 Å². The van der Waals surface area contributed by atoms with Gasteiger partial charge in [0.2, 0.25) is 0 Å². The molecule has 2 aliphatic rings. The third-order valence-corrected chi connectivity index (χ3v) is 5.45. The molecular weight excluding hydrogens is 376 g/mol. The molecule has 3 heterocycles. The first kappa shape index (κ1) is 19.0. The summed E-state index contributed by atoms with van der Waals surface area (Å²) in [5.41, 5.74) is 0.827. The van der Waals surface area contributed by atoms with Crippen LogP contribution in [0.25, 0.3) is 0 Å². The Labute approximate surface area is 167 Å². The third kappa shape index (κ3) is 3.80. The van der Waals surface area contributed by atoms with Gasteiger partial charge in [-0.05, 0) is 37.1 Å². The summed E-state index contributed by atoms with van der Waals surface area (Å²) in [5, 5.41) is 11.6. The quantitative estimate of drug-likeness (QED) is 0.579. The molecule has 152 valence electrons. The molecule has 0 atom stereocenters. The molecule has 9 nitrogen and oxygen atoms in total. The van der Waals surface area contributed by atoms with E-state index < -0.39 is 4.92 Å². The summed E-state index contributed by atoms with van der Waals surface area (Å²) >= 11 is 0. The number of furan rings is 1. The van der Waals surface area contributed by atoms with Gasteiger partial charge in [-0.1, -0.05) is 0 Å². The highest BCUT2D eigenvalue weighted by Crippen LogP contribution is 2.32. The molecule has 2 aliphatic heterocycles. The van der Waals surface area contributed by atoms with Crippen molar-refractivity contribution in [2.75, 3.05) is 44.2 Å². The van der Waals surface area contributed by atoms with E-state index in [1.165, 1.54) is 12.3 Å². The summed E-state index contributed by atoms with van der Waals surface area (Å²) in [7, 11) is 0. The van der Waals surface area contributed by atoms with E-state index in [0.717, 1.165) is 25.9 Å². The molecule has 2 fully saturated rings. The number of nitro groups is 1. The van der Waals surface area contributed by atoms with E-state index in [-0.39, 0.29) is 23.3 Å². The molecule has 0 N–H and O–H groups in total. The van der Waals surface area contributed by atoms with Crippen LogP contribution in [0.5, 0.6) is 0 Å². The van der Waals surface area contributed by atoms with Crippen molar-refractivity contribution in [1.29, 1.82) is 0 Å². The zero-order valence-corrected chi connectivity index (χ0v) is 16.0. The van der Waals surface area contributed by atoms with Gasteiger partial charge in [0.25, 0.3) is 17.5 Å². The van der Waals surface area contributed by atoms with Crippen molar-refractivity contribution >= 4 is 23.2 Å². The van der Waals surface area contributed by atoms with Crippen LogP contribution in [0, 0.1) is 10.1 Å². The number of nitrogens with zero attached hydrogens (tertiary/aromatic N) is 4. The fraction of sp³-hybridized carbons (Fsp3) is 0.400. The minimum atomic E-state index is -0.426. The second-order valence-electron chi connectivity index (χ2n) is 7.22. The Hall–Kier alpha value is -3.36. The number of hydrogen-bond acceptors (Lipinski definition) is 6. The average molecular weight is 398 g/mol. The van der Waals surface area contributed by atoms with Crippen molar-refractivity contribution < 1.29 is 18.9 Å². The molecule has 2 saturated heterocycles. The Morgan fingerprint density at radius 3 is 2.17 bits per heavy atom. The second-order valence-corrected chi connectivity index (χ2v) is 7.22. The van der Waals surface area contributed by atoms with Crippen molar-refractivity contribution in [3.05, 3.63) is 58.0 Å². The van der Waals surface area contributed by atoms with Crippen molar-refractivity contribution in [2.24, 2.45) is 0 Å². The van der Waals surface area contributed by atoms with Gasteiger partial charge < -0.3 is 19.1 Å². The fourth-order valence-electron chi connectivity index (χ4n) is 3.88. The van der Waals surface area contributed by atoms with Gasteiger partial charge in [-0.3, -0.25) is 19.7 Å². The van der Waals surface area contributed by atoms with Gasteiger partial charge in [0, 0.05) is 50.9 Å². The molecule has 4 rings (SSSR count). The van der Waals surface area contributed by atoms with E-state index in [2.05, 4.69) is 0 Å². The van der Waals surface area contributed by atoms with Crippen LogP contribution in [-0.4, -0.2) is 65.8 Å². The van der Waals surface area contributed by atoms with Gasteiger partial charge >= 0.3 is 0 Å². The number of nitro benzene ring substituents is 1. The first-order chi connectivity index (χ1) is 14.0. The van der Waals surface area contributed by atoms with Crippen molar-refractivity contribution in [2.45, 2.75) is 12.8 Å². The van der Waals surface area contributed by atoms with Crippen LogP contribution in [0.2, 0.25) is 0 Å². The van der Waals surface area contributed by atoms with Gasteiger partial charge in [-0.25, -0.2) is 0 Å². The van der Waals surface area contributed by atoms with Crippen LogP contribution >= 0.6 is 0 Å². The Morgan fingerprint density at radius 1 is 0.931 bits per heavy atom. The number of rotatable bonds is 4. The summed E-state index contributed by atoms with van der Waals surface area (Å²) in [6, 6.07) is 7.97. The Bertz CT molecular complexity index is 913. The summed E-state index contributed by atoms with van der Waals surface area (Å²) in [6.45, 7) is 3.10. The molecule has 0 unspecified atom stereocenters. The molecule has 1 aromatic heterocycles. The highest BCUT2D eigenvalue weighted by molar-refractivity contribution is 5.96. The zero-order valence-electron chi connectivity index (χ0n) is 16.0. The van der Waals surface area contributed by atoms with Crippen LogP contribution in [0.1, 0.15) is 33.8 Å². The molecule has 0 aliphatic carbocycles. The Morgan fingerprint density at radius 2 is 1.59 bits per heavy atom. The van der Waals surface area contributed by atoms with Crippen LogP contribution < -0.4 is 4.90 Å². The number of amides is 2. The molecule has 0 saturated carbocycles. The molecule has 0 bridgehead atoms. The first-order valence-electron chi connectivity index (χ1n) is 9.70. The van der Waals surface area contributed by atoms with Crippen molar-refractivity contribution in [3.8, 4) is 0 Å². The summed E-state index contributed by atoms with van der Waals surface area (Å²) in [5.74, 6) is -0.184. The van der Waals surface area contributed by atoms with E-state index in [1.54, 1.807) is 34.1 Å². The molecule has 2 amide bonds. The fourth-order valence-corrected chi connectivity index (χ4v) is 3.88. The van der Waals surface area contributed by atoms with E-state index in [0.29, 0.717) is 37.4 Å². The minimum absolute atomic E-state index is 0.0376. The highest BCUT2D eigenvalue weighted by atomic mass is 16.6. The van der Waals surface area contributed by atoms with E-state index in [1.807, 2.05) is 4.90 Å². The molecule has 2 aromatic rings. The maximum absolute atomic E-state index is 12.9. The minimum Gasteiger partial charge on any atom is -0.459 e. The van der Waals surface area contributed by atoms with Crippen LogP contribution in [0.3, 0.4) is 0 Å². The van der Waals surface area contributed by atoms with Gasteiger partial charge in [-0.2, -0.15) is 0 Å². The monoisotopic (exact) mass is 398 g/mol. The van der Waals surface area contributed by atoms with Gasteiger partial charge in [0.05, 0.1) is 11.2 Å². The smallest absolute Gasteiger partial charge is 0.293 e. The summed E-state index contributed by atoms with van der Waals surface area (Å²) in [4.78, 5) is 41.6. The molecular formula is C20H22N4O5. The third-order valence-electron chi connectivity index (χ3n) is 5.45. The first-order valence-corrected chi connectivity index (χ1v) is 9.70. The predicted octanol–water partition coefficient (Wildman–Crippen LogP) is 2.39. The number of carbonyl (C=O) groups excluding carboxylic acids is 2. The van der Waals surface area contributed by atoms with Crippen molar-refractivity contribution in [3.63, 3.8) is 0 Å². The number of carbonyl (C=O) groups is 2. The van der Waals surface area contributed by atoms with Crippen LogP contribution in [-0.2, 0) is 0 Å². The van der Waals surface area contributed by atoms with E-state index in [4.69, 9.17) is 4.42 Å². The zero-order chi connectivity index (χ0) is 20.4. The lowest BCUT2D eigenvalue weighted by atomic mass is 10.1. The number of anilines is 1. The molecule has 29 heavy (non-hydrogen) atoms. The standard InChI is InChI=1S/C20H22N4O5/c25-19(22-9-11-23(12-10-22)20(26)18-4-3-13-29-18)15-5-6-16(17(14-15)24(27)28)21-7-1-2-8-21/h3-6,13-14H,1-2,7-12H2. The van der Waals surface area contributed by atoms with Crippen LogP contribution in [0.4, 0.5) is 11.4 Å². The van der Waals surface area contributed by atoms with Gasteiger partial charge in [0.1, 0.15) is 5.69 Å². The number of benzene rings is 1. The van der Waals surface area contributed by atoms with Crippen molar-refractivity contribution in [1.82, 2.24) is 9.80 Å². The summed E-state index contributed by atoms with van der Waals surface area (Å²) in [6.07, 6.45) is 3.48. The SMILES string of the molecule is O=C(c1ccc(N2CCCC2)c([N+](=O)[O-])c1)N1CCN(C(=O)c2ccco2)CC1. The Kier molecular flexibility index (Phi) is 5.20. The maximum Gasteiger partial charge on any atom is 0.293 e. The lowest BCUT2D eigenvalue weighted by Crippen LogP contribution is -2.50.